The van der Waals surface area contributed by atoms with E-state index in [1.54, 1.807) is 16.2 Å². The standard InChI is InChI=1S/C27H33N3O2S/c1-17(2)19-9-11-20(12-10-19)30-25(31)23-15-24-22(13-14-33-24)29(23)16-27(30,4)26(32)28-21-8-6-5-7-18(21)3/h9-15,17-18,21H,5-8,16H2,1-4H3,(H,28,32)/t18-,21+,27-/m1/s1. The Morgan fingerprint density at radius 2 is 1.88 bits per heavy atom. The van der Waals surface area contributed by atoms with E-state index in [4.69, 9.17) is 0 Å². The van der Waals surface area contributed by atoms with Crippen LogP contribution in [0.5, 0.6) is 0 Å². The predicted octanol–water partition coefficient (Wildman–Crippen LogP) is 5.94. The summed E-state index contributed by atoms with van der Waals surface area (Å²) in [5.41, 5.74) is 2.65. The molecule has 0 spiro atoms. The summed E-state index contributed by atoms with van der Waals surface area (Å²) in [6, 6.07) is 12.3. The summed E-state index contributed by atoms with van der Waals surface area (Å²) in [6.07, 6.45) is 4.50. The van der Waals surface area contributed by atoms with Gasteiger partial charge in [-0.2, -0.15) is 0 Å². The van der Waals surface area contributed by atoms with Gasteiger partial charge in [0.15, 0.2) is 0 Å². The van der Waals surface area contributed by atoms with Gasteiger partial charge in [0.2, 0.25) is 5.91 Å². The Bertz CT molecular complexity index is 1190. The molecule has 2 aliphatic rings. The highest BCUT2D eigenvalue weighted by molar-refractivity contribution is 7.17. The average molecular weight is 464 g/mol. The van der Waals surface area contributed by atoms with E-state index in [1.807, 2.05) is 41.1 Å². The number of aromatic nitrogens is 1. The largest absolute Gasteiger partial charge is 0.351 e. The third-order valence-corrected chi connectivity index (χ3v) is 8.49. The maximum atomic E-state index is 13.9. The molecule has 1 saturated carbocycles. The summed E-state index contributed by atoms with van der Waals surface area (Å²) >= 11 is 1.63. The SMILES string of the molecule is CC(C)c1ccc(N2C(=O)c3cc4sccc4n3C[C@]2(C)C(=O)N[C@H]2CCCC[C@H]2C)cc1. The Hall–Kier alpha value is -2.60. The minimum atomic E-state index is -1.02. The van der Waals surface area contributed by atoms with Crippen molar-refractivity contribution in [3.63, 3.8) is 0 Å². The number of rotatable bonds is 4. The molecular weight excluding hydrogens is 430 g/mol. The van der Waals surface area contributed by atoms with Crippen molar-refractivity contribution in [2.75, 3.05) is 4.90 Å². The molecule has 3 atom stereocenters. The lowest BCUT2D eigenvalue weighted by molar-refractivity contribution is -0.127. The van der Waals surface area contributed by atoms with Crippen LogP contribution in [0.25, 0.3) is 10.2 Å². The molecule has 0 radical (unpaired) electrons. The van der Waals surface area contributed by atoms with Crippen molar-refractivity contribution >= 4 is 39.1 Å². The van der Waals surface area contributed by atoms with Crippen LogP contribution >= 0.6 is 11.3 Å². The normalized spacial score (nSPS) is 25.5. The van der Waals surface area contributed by atoms with Crippen LogP contribution in [0.3, 0.4) is 0 Å². The number of hydrogen-bond donors (Lipinski definition) is 1. The molecule has 33 heavy (non-hydrogen) atoms. The Morgan fingerprint density at radius 3 is 2.58 bits per heavy atom. The van der Waals surface area contributed by atoms with Gasteiger partial charge in [-0.15, -0.1) is 11.3 Å². The number of anilines is 1. The molecule has 5 rings (SSSR count). The van der Waals surface area contributed by atoms with E-state index in [0.717, 1.165) is 35.2 Å². The summed E-state index contributed by atoms with van der Waals surface area (Å²) in [6.45, 7) is 8.89. The van der Waals surface area contributed by atoms with Crippen molar-refractivity contribution in [3.05, 3.63) is 53.0 Å². The van der Waals surface area contributed by atoms with Gasteiger partial charge in [0.25, 0.3) is 5.91 Å². The van der Waals surface area contributed by atoms with Crippen LogP contribution in [-0.2, 0) is 11.3 Å². The number of nitrogens with one attached hydrogen (secondary N) is 1. The molecule has 6 heteroatoms. The highest BCUT2D eigenvalue weighted by Gasteiger charge is 2.49. The molecule has 2 amide bonds. The Morgan fingerprint density at radius 1 is 1.15 bits per heavy atom. The zero-order valence-corrected chi connectivity index (χ0v) is 20.7. The summed E-state index contributed by atoms with van der Waals surface area (Å²) in [4.78, 5) is 29.6. The first kappa shape index (κ1) is 22.2. The van der Waals surface area contributed by atoms with Crippen molar-refractivity contribution < 1.29 is 9.59 Å². The monoisotopic (exact) mass is 463 g/mol. The first-order valence-electron chi connectivity index (χ1n) is 12.1. The van der Waals surface area contributed by atoms with Crippen LogP contribution in [0.2, 0.25) is 0 Å². The van der Waals surface area contributed by atoms with E-state index < -0.39 is 5.54 Å². The fraction of sp³-hybridized carbons (Fsp3) is 0.481. The number of thiophene rings is 1. The zero-order chi connectivity index (χ0) is 23.3. The van der Waals surface area contributed by atoms with E-state index in [2.05, 4.69) is 38.2 Å². The summed E-state index contributed by atoms with van der Waals surface area (Å²) in [7, 11) is 0. The summed E-state index contributed by atoms with van der Waals surface area (Å²) < 4.78 is 3.12. The van der Waals surface area contributed by atoms with Crippen molar-refractivity contribution in [1.29, 1.82) is 0 Å². The fourth-order valence-electron chi connectivity index (χ4n) is 5.48. The quantitative estimate of drug-likeness (QED) is 0.521. The van der Waals surface area contributed by atoms with E-state index in [1.165, 1.54) is 12.0 Å². The van der Waals surface area contributed by atoms with Gasteiger partial charge >= 0.3 is 0 Å². The second-order valence-corrected chi connectivity index (χ2v) is 11.2. The number of carbonyl (C=O) groups excluding carboxylic acids is 2. The molecule has 5 nitrogen and oxygen atoms in total. The van der Waals surface area contributed by atoms with E-state index in [-0.39, 0.29) is 17.9 Å². The number of carbonyl (C=O) groups is 2. The number of hydrogen-bond acceptors (Lipinski definition) is 3. The van der Waals surface area contributed by atoms with Gasteiger partial charge in [-0.25, -0.2) is 0 Å². The molecule has 3 aromatic rings. The molecule has 3 heterocycles. The lowest BCUT2D eigenvalue weighted by Crippen LogP contribution is -2.65. The van der Waals surface area contributed by atoms with E-state index >= 15 is 0 Å². The predicted molar refractivity (Wildman–Crippen MR) is 135 cm³/mol. The second kappa shape index (κ2) is 8.32. The molecule has 1 aromatic carbocycles. The van der Waals surface area contributed by atoms with Crippen molar-refractivity contribution in [1.82, 2.24) is 9.88 Å². The van der Waals surface area contributed by atoms with E-state index in [0.29, 0.717) is 24.1 Å². The maximum absolute atomic E-state index is 13.9. The van der Waals surface area contributed by atoms with Crippen molar-refractivity contribution in [2.45, 2.75) is 77.4 Å². The first-order valence-corrected chi connectivity index (χ1v) is 13.0. The van der Waals surface area contributed by atoms with Gasteiger partial charge in [0, 0.05) is 11.7 Å². The van der Waals surface area contributed by atoms with E-state index in [9.17, 15) is 9.59 Å². The van der Waals surface area contributed by atoms with Crippen molar-refractivity contribution in [2.24, 2.45) is 5.92 Å². The lowest BCUT2D eigenvalue weighted by Gasteiger charge is -2.45. The van der Waals surface area contributed by atoms with Crippen LogP contribution in [0, 0.1) is 5.92 Å². The molecule has 2 aromatic heterocycles. The zero-order valence-electron chi connectivity index (χ0n) is 19.9. The van der Waals surface area contributed by atoms with Gasteiger partial charge in [-0.05, 0) is 66.8 Å². The molecule has 174 valence electrons. The smallest absolute Gasteiger partial charge is 0.275 e. The Labute approximate surface area is 199 Å². The molecule has 1 N–H and O–H groups in total. The Kier molecular flexibility index (Phi) is 5.60. The number of nitrogens with zero attached hydrogens (tertiary/aromatic N) is 2. The molecule has 1 aliphatic heterocycles. The van der Waals surface area contributed by atoms with Crippen LogP contribution < -0.4 is 10.2 Å². The van der Waals surface area contributed by atoms with Crippen molar-refractivity contribution in [3.8, 4) is 0 Å². The highest BCUT2D eigenvalue weighted by Crippen LogP contribution is 2.38. The topological polar surface area (TPSA) is 54.3 Å². The average Bonchev–Trinajstić information content (AvgIpc) is 3.38. The summed E-state index contributed by atoms with van der Waals surface area (Å²) in [5, 5.41) is 5.39. The molecule has 0 saturated heterocycles. The number of amides is 2. The van der Waals surface area contributed by atoms with Gasteiger partial charge in [-0.3, -0.25) is 14.5 Å². The second-order valence-electron chi connectivity index (χ2n) is 10.3. The first-order chi connectivity index (χ1) is 15.8. The number of benzene rings is 1. The fourth-order valence-corrected chi connectivity index (χ4v) is 6.30. The minimum absolute atomic E-state index is 0.0646. The third-order valence-electron chi connectivity index (χ3n) is 7.64. The number of fused-ring (bicyclic) bond motifs is 3. The minimum Gasteiger partial charge on any atom is -0.351 e. The van der Waals surface area contributed by atoms with Crippen LogP contribution in [0.15, 0.2) is 41.8 Å². The van der Waals surface area contributed by atoms with Crippen LogP contribution in [-0.4, -0.2) is 28.0 Å². The van der Waals surface area contributed by atoms with Gasteiger partial charge in [-0.1, -0.05) is 45.7 Å². The van der Waals surface area contributed by atoms with Crippen LogP contribution in [0.4, 0.5) is 5.69 Å². The molecular formula is C27H33N3O2S. The molecule has 0 unspecified atom stereocenters. The molecule has 1 fully saturated rings. The highest BCUT2D eigenvalue weighted by atomic mass is 32.1. The van der Waals surface area contributed by atoms with Crippen LogP contribution in [0.1, 0.15) is 75.3 Å². The lowest BCUT2D eigenvalue weighted by atomic mass is 9.84. The maximum Gasteiger partial charge on any atom is 0.275 e. The molecule has 0 bridgehead atoms. The van der Waals surface area contributed by atoms with Gasteiger partial charge in [0.1, 0.15) is 11.2 Å². The third kappa shape index (κ3) is 3.68. The van der Waals surface area contributed by atoms with Gasteiger partial charge < -0.3 is 9.88 Å². The molecule has 1 aliphatic carbocycles. The summed E-state index contributed by atoms with van der Waals surface area (Å²) in [5.74, 6) is 0.680. The Balaban J connectivity index is 1.57. The van der Waals surface area contributed by atoms with Gasteiger partial charge in [0.05, 0.1) is 16.8 Å².